The predicted octanol–water partition coefficient (Wildman–Crippen LogP) is 4.71. The molecular weight excluding hydrogens is 420 g/mol. The largest absolute Gasteiger partial charge is 0.384 e. The van der Waals surface area contributed by atoms with Gasteiger partial charge in [0.05, 0.1) is 31.0 Å². The number of carbonyl (C=O) groups excluding carboxylic acids is 1. The van der Waals surface area contributed by atoms with E-state index in [0.717, 1.165) is 34.5 Å². The first kappa shape index (κ1) is 22.0. The Balaban J connectivity index is 1.41. The average molecular weight is 447 g/mol. The third-order valence-electron chi connectivity index (χ3n) is 5.20. The van der Waals surface area contributed by atoms with E-state index in [0.29, 0.717) is 12.1 Å². The molecule has 0 aliphatic rings. The lowest BCUT2D eigenvalue weighted by Gasteiger charge is -2.15. The van der Waals surface area contributed by atoms with Gasteiger partial charge < -0.3 is 10.1 Å². The lowest BCUT2D eigenvalue weighted by molar-refractivity contribution is 0.0939. The number of hydrogen-bond acceptors (Lipinski definition) is 5. The molecule has 6 nitrogen and oxygen atoms in total. The van der Waals surface area contributed by atoms with Gasteiger partial charge in [-0.15, -0.1) is 11.8 Å². The van der Waals surface area contributed by atoms with Gasteiger partial charge in [-0.05, 0) is 36.2 Å². The molecule has 0 saturated carbocycles. The fraction of sp³-hybridized carbons (Fsp3) is 0.240. The Morgan fingerprint density at radius 1 is 1.12 bits per heavy atom. The Hall–Kier alpha value is -3.16. The molecule has 1 atom stereocenters. The number of benzene rings is 2. The van der Waals surface area contributed by atoms with Crippen LogP contribution in [0, 0.1) is 0 Å². The van der Waals surface area contributed by atoms with E-state index >= 15 is 0 Å². The molecule has 0 radical (unpaired) electrons. The molecule has 0 aliphatic carbocycles. The average Bonchev–Trinajstić information content (AvgIpc) is 3.22. The molecule has 1 unspecified atom stereocenters. The molecule has 2 heterocycles. The normalized spacial score (nSPS) is 12.1. The summed E-state index contributed by atoms with van der Waals surface area (Å²) >= 11 is 1.75. The number of fused-ring (bicyclic) bond motifs is 1. The maximum atomic E-state index is 12.8. The number of ether oxygens (including phenoxy) is 1. The van der Waals surface area contributed by atoms with Crippen LogP contribution < -0.4 is 5.32 Å². The Morgan fingerprint density at radius 2 is 1.91 bits per heavy atom. The highest BCUT2D eigenvalue weighted by Crippen LogP contribution is 2.21. The van der Waals surface area contributed by atoms with Crippen LogP contribution in [0.1, 0.15) is 34.5 Å². The van der Waals surface area contributed by atoms with Crippen molar-refractivity contribution in [3.05, 3.63) is 89.7 Å². The van der Waals surface area contributed by atoms with Crippen LogP contribution in [-0.2, 0) is 11.3 Å². The van der Waals surface area contributed by atoms with Crippen molar-refractivity contribution < 1.29 is 9.53 Å². The lowest BCUT2D eigenvalue weighted by atomic mass is 10.1. The molecule has 0 aliphatic heterocycles. The molecule has 2 aromatic carbocycles. The Labute approximate surface area is 192 Å². The van der Waals surface area contributed by atoms with Crippen molar-refractivity contribution in [3.63, 3.8) is 0 Å². The zero-order valence-electron chi connectivity index (χ0n) is 18.2. The molecule has 1 N–H and O–H groups in total. The number of pyridine rings is 1. The molecule has 2 aromatic heterocycles. The topological polar surface area (TPSA) is 69.0 Å². The monoisotopic (exact) mass is 446 g/mol. The first-order valence-electron chi connectivity index (χ1n) is 10.5. The number of nitrogens with one attached hydrogen (secondary N) is 1. The van der Waals surface area contributed by atoms with Crippen LogP contribution in [0.15, 0.2) is 78.0 Å². The van der Waals surface area contributed by atoms with E-state index in [1.807, 2.05) is 35.9 Å². The number of rotatable bonds is 9. The first-order chi connectivity index (χ1) is 15.6. The summed E-state index contributed by atoms with van der Waals surface area (Å²) in [6.45, 7) is 3.34. The SMILES string of the molecule is COCCSc1ccc(C(C)NC(=O)c2cnc3c(cnn3Cc3ccccc3)c2)cc1. The second-order valence-electron chi connectivity index (χ2n) is 7.53. The number of carbonyl (C=O) groups is 1. The van der Waals surface area contributed by atoms with Crippen LogP contribution in [0.5, 0.6) is 0 Å². The number of amides is 1. The smallest absolute Gasteiger partial charge is 0.253 e. The van der Waals surface area contributed by atoms with Gasteiger partial charge in [0.1, 0.15) is 0 Å². The van der Waals surface area contributed by atoms with E-state index in [4.69, 9.17) is 4.74 Å². The zero-order chi connectivity index (χ0) is 22.3. The Kier molecular flexibility index (Phi) is 7.19. The van der Waals surface area contributed by atoms with Crippen molar-refractivity contribution in [1.82, 2.24) is 20.1 Å². The van der Waals surface area contributed by atoms with E-state index in [2.05, 4.69) is 51.8 Å². The van der Waals surface area contributed by atoms with Gasteiger partial charge in [-0.1, -0.05) is 42.5 Å². The quantitative estimate of drug-likeness (QED) is 0.298. The van der Waals surface area contributed by atoms with Crippen molar-refractivity contribution in [2.45, 2.75) is 24.4 Å². The van der Waals surface area contributed by atoms with E-state index in [1.165, 1.54) is 4.90 Å². The summed E-state index contributed by atoms with van der Waals surface area (Å²) < 4.78 is 6.94. The molecule has 0 spiro atoms. The van der Waals surface area contributed by atoms with Crippen molar-refractivity contribution in [2.24, 2.45) is 0 Å². The highest BCUT2D eigenvalue weighted by molar-refractivity contribution is 7.99. The van der Waals surface area contributed by atoms with Gasteiger partial charge in [-0.3, -0.25) is 4.79 Å². The van der Waals surface area contributed by atoms with Gasteiger partial charge in [-0.25, -0.2) is 9.67 Å². The third kappa shape index (κ3) is 5.36. The molecule has 7 heteroatoms. The molecule has 0 fully saturated rings. The van der Waals surface area contributed by atoms with Crippen LogP contribution in [0.25, 0.3) is 11.0 Å². The highest BCUT2D eigenvalue weighted by Gasteiger charge is 2.14. The van der Waals surface area contributed by atoms with Gasteiger partial charge in [0.2, 0.25) is 0 Å². The van der Waals surface area contributed by atoms with Crippen molar-refractivity contribution in [1.29, 1.82) is 0 Å². The van der Waals surface area contributed by atoms with Crippen molar-refractivity contribution >= 4 is 28.7 Å². The standard InChI is InChI=1S/C25H26N4O2S/c1-18(20-8-10-23(11-9-20)32-13-12-31-2)28-25(30)22-14-21-16-27-29(24(21)26-15-22)17-19-6-4-3-5-7-19/h3-11,14-16,18H,12-13,17H2,1-2H3,(H,28,30). The van der Waals surface area contributed by atoms with Gasteiger partial charge in [0, 0.05) is 29.3 Å². The molecule has 4 rings (SSSR count). The Bertz CT molecular complexity index is 1180. The van der Waals surface area contributed by atoms with Gasteiger partial charge in [0.15, 0.2) is 5.65 Å². The van der Waals surface area contributed by atoms with Crippen LogP contribution in [-0.4, -0.2) is 40.1 Å². The van der Waals surface area contributed by atoms with E-state index < -0.39 is 0 Å². The van der Waals surface area contributed by atoms with Crippen LogP contribution in [0.2, 0.25) is 0 Å². The zero-order valence-corrected chi connectivity index (χ0v) is 19.0. The molecule has 4 aromatic rings. The van der Waals surface area contributed by atoms with Crippen molar-refractivity contribution in [3.8, 4) is 0 Å². The molecule has 0 bridgehead atoms. The number of aromatic nitrogens is 3. The summed E-state index contributed by atoms with van der Waals surface area (Å²) in [6.07, 6.45) is 3.37. The summed E-state index contributed by atoms with van der Waals surface area (Å²) in [5, 5.41) is 8.36. The van der Waals surface area contributed by atoms with E-state index in [9.17, 15) is 4.79 Å². The van der Waals surface area contributed by atoms with Gasteiger partial charge in [-0.2, -0.15) is 5.10 Å². The second-order valence-corrected chi connectivity index (χ2v) is 8.70. The van der Waals surface area contributed by atoms with Gasteiger partial charge in [0.25, 0.3) is 5.91 Å². The lowest BCUT2D eigenvalue weighted by Crippen LogP contribution is -2.26. The minimum atomic E-state index is -0.152. The van der Waals surface area contributed by atoms with Crippen LogP contribution >= 0.6 is 11.8 Å². The minimum absolute atomic E-state index is 0.114. The van der Waals surface area contributed by atoms with Gasteiger partial charge >= 0.3 is 0 Å². The number of nitrogens with zero attached hydrogens (tertiary/aromatic N) is 3. The minimum Gasteiger partial charge on any atom is -0.384 e. The predicted molar refractivity (Wildman–Crippen MR) is 128 cm³/mol. The van der Waals surface area contributed by atoms with E-state index in [1.54, 1.807) is 31.3 Å². The van der Waals surface area contributed by atoms with Crippen molar-refractivity contribution in [2.75, 3.05) is 19.5 Å². The summed E-state index contributed by atoms with van der Waals surface area (Å²) in [4.78, 5) is 18.5. The summed E-state index contributed by atoms with van der Waals surface area (Å²) in [5.74, 6) is 0.765. The molecule has 1 amide bonds. The number of thioether (sulfide) groups is 1. The first-order valence-corrected chi connectivity index (χ1v) is 11.5. The number of hydrogen-bond donors (Lipinski definition) is 1. The Morgan fingerprint density at radius 3 is 2.66 bits per heavy atom. The third-order valence-corrected chi connectivity index (χ3v) is 6.17. The maximum Gasteiger partial charge on any atom is 0.253 e. The van der Waals surface area contributed by atoms with Crippen LogP contribution in [0.3, 0.4) is 0 Å². The fourth-order valence-electron chi connectivity index (χ4n) is 3.43. The molecule has 164 valence electrons. The summed E-state index contributed by atoms with van der Waals surface area (Å²) in [7, 11) is 1.71. The molecule has 0 saturated heterocycles. The molecular formula is C25H26N4O2S. The number of methoxy groups -OCH3 is 1. The highest BCUT2D eigenvalue weighted by atomic mass is 32.2. The fourth-order valence-corrected chi connectivity index (χ4v) is 4.24. The molecule has 32 heavy (non-hydrogen) atoms. The second kappa shape index (κ2) is 10.4. The summed E-state index contributed by atoms with van der Waals surface area (Å²) in [5.41, 5.74) is 3.49. The summed E-state index contributed by atoms with van der Waals surface area (Å²) in [6, 6.07) is 20.1. The van der Waals surface area contributed by atoms with Crippen LogP contribution in [0.4, 0.5) is 0 Å². The maximum absolute atomic E-state index is 12.8. The van der Waals surface area contributed by atoms with E-state index in [-0.39, 0.29) is 11.9 Å².